The number of amides is 1. The fourth-order valence-electron chi connectivity index (χ4n) is 4.63. The van der Waals surface area contributed by atoms with Gasteiger partial charge < -0.3 is 9.64 Å². The van der Waals surface area contributed by atoms with E-state index in [0.29, 0.717) is 30.9 Å². The van der Waals surface area contributed by atoms with Crippen molar-refractivity contribution in [3.8, 4) is 0 Å². The zero-order valence-electron chi connectivity index (χ0n) is 17.2. The number of ether oxygens (including phenoxy) is 1. The summed E-state index contributed by atoms with van der Waals surface area (Å²) < 4.78 is 44.8. The molecule has 1 amide bonds. The predicted octanol–water partition coefficient (Wildman–Crippen LogP) is 3.77. The molecule has 1 N–H and O–H groups in total. The molecule has 0 unspecified atom stereocenters. The number of hydrogen-bond acceptors (Lipinski definition) is 4. The van der Waals surface area contributed by atoms with Crippen molar-refractivity contribution in [1.29, 1.82) is 0 Å². The van der Waals surface area contributed by atoms with Gasteiger partial charge in [-0.1, -0.05) is 31.4 Å². The summed E-state index contributed by atoms with van der Waals surface area (Å²) in [5, 5.41) is 0. The molecule has 8 heteroatoms. The van der Waals surface area contributed by atoms with Crippen molar-refractivity contribution in [3.63, 3.8) is 0 Å². The summed E-state index contributed by atoms with van der Waals surface area (Å²) in [6.45, 7) is 2.77. The van der Waals surface area contributed by atoms with Crippen molar-refractivity contribution in [1.82, 2.24) is 9.62 Å². The molecule has 2 atom stereocenters. The predicted molar refractivity (Wildman–Crippen MR) is 109 cm³/mol. The molecule has 1 aromatic rings. The van der Waals surface area contributed by atoms with E-state index >= 15 is 0 Å². The maximum absolute atomic E-state index is 13.4. The Morgan fingerprint density at radius 3 is 2.48 bits per heavy atom. The van der Waals surface area contributed by atoms with Gasteiger partial charge in [0, 0.05) is 32.0 Å². The second kappa shape index (κ2) is 9.00. The number of cyclic esters (lactones) is 1. The van der Waals surface area contributed by atoms with Crippen LogP contribution in [0.1, 0.15) is 57.4 Å². The van der Waals surface area contributed by atoms with Crippen molar-refractivity contribution >= 4 is 16.1 Å². The molecule has 162 valence electrons. The Morgan fingerprint density at radius 1 is 1.24 bits per heavy atom. The molecule has 1 aromatic carbocycles. The van der Waals surface area contributed by atoms with Crippen LogP contribution in [0.5, 0.6) is 0 Å². The number of hydrogen-bond donors (Lipinski definition) is 1. The van der Waals surface area contributed by atoms with Gasteiger partial charge in [0.25, 0.3) is 0 Å². The minimum Gasteiger partial charge on any atom is -0.438 e. The molecule has 0 bridgehead atoms. The average molecular weight is 427 g/mol. The SMILES string of the molecule is C[C@@H](C1CCCCC1)N1CC[C@](CCNS(C)(=O)=O)(c2ccc(F)cc2)OC1=O. The first kappa shape index (κ1) is 22.0. The normalized spacial score (nSPS) is 24.9. The van der Waals surface area contributed by atoms with Gasteiger partial charge in [0.15, 0.2) is 0 Å². The third-order valence-electron chi connectivity index (χ3n) is 6.36. The Morgan fingerprint density at radius 2 is 1.90 bits per heavy atom. The molecule has 0 spiro atoms. The van der Waals surface area contributed by atoms with Crippen LogP contribution >= 0.6 is 0 Å². The number of nitrogens with zero attached hydrogens (tertiary/aromatic N) is 1. The third kappa shape index (κ3) is 5.48. The van der Waals surface area contributed by atoms with Crippen LogP contribution in [-0.2, 0) is 20.4 Å². The summed E-state index contributed by atoms with van der Waals surface area (Å²) in [5.41, 5.74) is -0.279. The molecular weight excluding hydrogens is 395 g/mol. The van der Waals surface area contributed by atoms with E-state index in [1.54, 1.807) is 12.1 Å². The standard InChI is InChI=1S/C21H31FN2O4S/c1-16(17-6-4-3-5-7-17)24-15-13-21(28-20(24)25,12-14-23-29(2,26)27)18-8-10-19(22)11-9-18/h8-11,16-17,23H,3-7,12-15H2,1-2H3/t16-,21+/m0/s1. The minimum atomic E-state index is -3.35. The number of nitrogens with one attached hydrogen (secondary N) is 1. The van der Waals surface area contributed by atoms with E-state index in [0.717, 1.165) is 19.1 Å². The first-order valence-electron chi connectivity index (χ1n) is 10.4. The van der Waals surface area contributed by atoms with Gasteiger partial charge in [0.2, 0.25) is 10.0 Å². The van der Waals surface area contributed by atoms with E-state index in [4.69, 9.17) is 4.74 Å². The number of halogens is 1. The lowest BCUT2D eigenvalue weighted by molar-refractivity contribution is -0.0698. The molecule has 1 saturated carbocycles. The van der Waals surface area contributed by atoms with Crippen molar-refractivity contribution < 1.29 is 22.3 Å². The summed E-state index contributed by atoms with van der Waals surface area (Å²) >= 11 is 0. The first-order chi connectivity index (χ1) is 13.7. The molecular formula is C21H31FN2O4S. The van der Waals surface area contributed by atoms with E-state index in [2.05, 4.69) is 11.6 Å². The second-order valence-corrected chi connectivity index (χ2v) is 10.2. The van der Waals surface area contributed by atoms with Crippen LogP contribution in [0.3, 0.4) is 0 Å². The van der Waals surface area contributed by atoms with Gasteiger partial charge in [-0.15, -0.1) is 0 Å². The minimum absolute atomic E-state index is 0.114. The third-order valence-corrected chi connectivity index (χ3v) is 7.09. The number of carbonyl (C=O) groups is 1. The van der Waals surface area contributed by atoms with E-state index < -0.39 is 15.6 Å². The van der Waals surface area contributed by atoms with Crippen molar-refractivity contribution in [2.45, 2.75) is 63.5 Å². The van der Waals surface area contributed by atoms with Crippen LogP contribution in [0, 0.1) is 11.7 Å². The number of benzene rings is 1. The highest BCUT2D eigenvalue weighted by Gasteiger charge is 2.44. The Kier molecular flexibility index (Phi) is 6.83. The van der Waals surface area contributed by atoms with Crippen molar-refractivity contribution in [3.05, 3.63) is 35.6 Å². The lowest BCUT2D eigenvalue weighted by atomic mass is 9.82. The zero-order valence-corrected chi connectivity index (χ0v) is 18.0. The van der Waals surface area contributed by atoms with Crippen molar-refractivity contribution in [2.24, 2.45) is 5.92 Å². The van der Waals surface area contributed by atoms with Gasteiger partial charge >= 0.3 is 6.09 Å². The van der Waals surface area contributed by atoms with E-state index in [1.165, 1.54) is 31.4 Å². The summed E-state index contributed by atoms with van der Waals surface area (Å²) in [7, 11) is -3.35. The highest BCUT2D eigenvalue weighted by atomic mass is 32.2. The molecule has 0 radical (unpaired) electrons. The van der Waals surface area contributed by atoms with Gasteiger partial charge in [0.05, 0.1) is 6.26 Å². The summed E-state index contributed by atoms with van der Waals surface area (Å²) in [5.74, 6) is 0.120. The molecule has 1 heterocycles. The molecule has 29 heavy (non-hydrogen) atoms. The Bertz CT molecular complexity index is 808. The lowest BCUT2D eigenvalue weighted by Gasteiger charge is -2.45. The van der Waals surface area contributed by atoms with Crippen LogP contribution in [-0.4, -0.2) is 44.8 Å². The zero-order chi connectivity index (χ0) is 21.1. The topological polar surface area (TPSA) is 75.7 Å². The monoisotopic (exact) mass is 426 g/mol. The number of sulfonamides is 1. The molecule has 1 aliphatic carbocycles. The molecule has 2 aliphatic rings. The largest absolute Gasteiger partial charge is 0.438 e. The van der Waals surface area contributed by atoms with Crippen LogP contribution in [0.4, 0.5) is 9.18 Å². The van der Waals surface area contributed by atoms with Crippen LogP contribution in [0.15, 0.2) is 24.3 Å². The van der Waals surface area contributed by atoms with E-state index in [9.17, 15) is 17.6 Å². The Labute approximate surface area is 172 Å². The Balaban J connectivity index is 1.76. The van der Waals surface area contributed by atoms with Gasteiger partial charge in [-0.25, -0.2) is 22.3 Å². The van der Waals surface area contributed by atoms with Gasteiger partial charge in [-0.2, -0.15) is 0 Å². The van der Waals surface area contributed by atoms with E-state index in [-0.39, 0.29) is 24.5 Å². The summed E-state index contributed by atoms with van der Waals surface area (Å²) in [4.78, 5) is 14.8. The fourth-order valence-corrected chi connectivity index (χ4v) is 5.10. The van der Waals surface area contributed by atoms with Crippen molar-refractivity contribution in [2.75, 3.05) is 19.3 Å². The summed E-state index contributed by atoms with van der Waals surface area (Å²) in [6, 6.07) is 6.02. The summed E-state index contributed by atoms with van der Waals surface area (Å²) in [6.07, 6.45) is 7.47. The molecule has 1 aliphatic heterocycles. The number of carbonyl (C=O) groups excluding carboxylic acids is 1. The van der Waals surface area contributed by atoms with Crippen LogP contribution in [0.2, 0.25) is 0 Å². The maximum atomic E-state index is 13.4. The second-order valence-electron chi connectivity index (χ2n) is 8.37. The lowest BCUT2D eigenvalue weighted by Crippen LogP contribution is -2.53. The Hall–Kier alpha value is -1.67. The maximum Gasteiger partial charge on any atom is 0.410 e. The highest BCUT2D eigenvalue weighted by molar-refractivity contribution is 7.88. The molecule has 1 saturated heterocycles. The van der Waals surface area contributed by atoms with Gasteiger partial charge in [-0.05, 0) is 43.4 Å². The van der Waals surface area contributed by atoms with Crippen LogP contribution < -0.4 is 4.72 Å². The molecule has 6 nitrogen and oxygen atoms in total. The average Bonchev–Trinajstić information content (AvgIpc) is 2.68. The smallest absolute Gasteiger partial charge is 0.410 e. The molecule has 2 fully saturated rings. The molecule has 0 aromatic heterocycles. The number of rotatable bonds is 7. The highest BCUT2D eigenvalue weighted by Crippen LogP contribution is 2.39. The fraction of sp³-hybridized carbons (Fsp3) is 0.667. The van der Waals surface area contributed by atoms with Gasteiger partial charge in [-0.3, -0.25) is 0 Å². The quantitative estimate of drug-likeness (QED) is 0.720. The van der Waals surface area contributed by atoms with Crippen LogP contribution in [0.25, 0.3) is 0 Å². The van der Waals surface area contributed by atoms with E-state index in [1.807, 2.05) is 4.90 Å². The molecule has 3 rings (SSSR count). The first-order valence-corrected chi connectivity index (χ1v) is 12.3. The van der Waals surface area contributed by atoms with Gasteiger partial charge in [0.1, 0.15) is 11.4 Å².